The Bertz CT molecular complexity index is 1330. The van der Waals surface area contributed by atoms with Gasteiger partial charge >= 0.3 is 5.97 Å². The normalized spacial score (nSPS) is 11.7. The highest BCUT2D eigenvalue weighted by molar-refractivity contribution is 6.30. The number of esters is 1. The minimum Gasteiger partial charge on any atom is -0.493 e. The minimum absolute atomic E-state index is 0.0524. The zero-order valence-corrected chi connectivity index (χ0v) is 18.1. The van der Waals surface area contributed by atoms with Crippen molar-refractivity contribution in [2.45, 2.75) is 12.3 Å². The number of carbonyl (C=O) groups is 1. The van der Waals surface area contributed by atoms with E-state index in [1.165, 1.54) is 25.3 Å². The molecule has 4 rings (SSSR count). The number of para-hydroxylation sites is 2. The summed E-state index contributed by atoms with van der Waals surface area (Å²) in [4.78, 5) is 25.4. The molecule has 7 heteroatoms. The largest absolute Gasteiger partial charge is 0.493 e. The summed E-state index contributed by atoms with van der Waals surface area (Å²) in [6.45, 7) is 1.62. The third-order valence-corrected chi connectivity index (χ3v) is 5.22. The molecule has 3 aromatic carbocycles. The molecule has 0 fully saturated rings. The molecule has 0 spiro atoms. The van der Waals surface area contributed by atoms with Gasteiger partial charge in [0.2, 0.25) is 11.2 Å². The van der Waals surface area contributed by atoms with Crippen molar-refractivity contribution in [1.29, 1.82) is 0 Å². The second kappa shape index (κ2) is 9.16. The highest BCUT2D eigenvalue weighted by atomic mass is 35.5. The van der Waals surface area contributed by atoms with Crippen LogP contribution in [-0.4, -0.2) is 13.1 Å². The summed E-state index contributed by atoms with van der Waals surface area (Å²) in [5.74, 6) is 0.789. The molecule has 6 nitrogen and oxygen atoms in total. The van der Waals surface area contributed by atoms with Crippen molar-refractivity contribution in [2.75, 3.05) is 7.11 Å². The Morgan fingerprint density at radius 2 is 1.66 bits per heavy atom. The molecule has 0 saturated heterocycles. The summed E-state index contributed by atoms with van der Waals surface area (Å²) in [7, 11) is 1.52. The fraction of sp³-hybridized carbons (Fsp3) is 0.120. The van der Waals surface area contributed by atoms with Gasteiger partial charge in [-0.1, -0.05) is 42.5 Å². The molecule has 0 radical (unpaired) electrons. The third kappa shape index (κ3) is 4.31. The number of hydrogen-bond acceptors (Lipinski definition) is 6. The number of hydrogen-bond donors (Lipinski definition) is 0. The summed E-state index contributed by atoms with van der Waals surface area (Å²) >= 11 is 6.22. The van der Waals surface area contributed by atoms with Crippen LogP contribution in [0.2, 0.25) is 0 Å². The van der Waals surface area contributed by atoms with Gasteiger partial charge in [-0.15, -0.1) is 11.6 Å². The Hall–Kier alpha value is -3.77. The van der Waals surface area contributed by atoms with E-state index in [9.17, 15) is 9.59 Å². The van der Waals surface area contributed by atoms with E-state index in [1.807, 2.05) is 6.07 Å². The van der Waals surface area contributed by atoms with Gasteiger partial charge in [-0.05, 0) is 36.8 Å². The smallest absolute Gasteiger partial charge is 0.334 e. The quantitative estimate of drug-likeness (QED) is 0.210. The molecule has 32 heavy (non-hydrogen) atoms. The van der Waals surface area contributed by atoms with Crippen molar-refractivity contribution in [3.63, 3.8) is 0 Å². The molecule has 4 aromatic rings. The fourth-order valence-electron chi connectivity index (χ4n) is 3.19. The zero-order chi connectivity index (χ0) is 22.7. The first-order valence-corrected chi connectivity index (χ1v) is 10.2. The number of benzene rings is 3. The van der Waals surface area contributed by atoms with Crippen molar-refractivity contribution in [3.05, 3.63) is 94.3 Å². The van der Waals surface area contributed by atoms with Gasteiger partial charge in [-0.2, -0.15) is 0 Å². The Balaban J connectivity index is 1.62. The molecule has 1 aromatic heterocycles. The summed E-state index contributed by atoms with van der Waals surface area (Å²) < 4.78 is 22.3. The number of halogens is 1. The number of carbonyl (C=O) groups excluding carboxylic acids is 1. The van der Waals surface area contributed by atoms with Crippen LogP contribution in [-0.2, 0) is 4.79 Å². The number of ether oxygens (including phenoxy) is 3. The third-order valence-electron chi connectivity index (χ3n) is 4.79. The van der Waals surface area contributed by atoms with E-state index >= 15 is 0 Å². The van der Waals surface area contributed by atoms with Gasteiger partial charge in [0.1, 0.15) is 17.1 Å². The van der Waals surface area contributed by atoms with Crippen LogP contribution in [0.3, 0.4) is 0 Å². The number of rotatable bonds is 6. The summed E-state index contributed by atoms with van der Waals surface area (Å²) in [6, 6.07) is 20.4. The van der Waals surface area contributed by atoms with Gasteiger partial charge in [-0.3, -0.25) is 4.79 Å². The molecule has 0 aliphatic carbocycles. The van der Waals surface area contributed by atoms with Gasteiger partial charge in [0.05, 0.1) is 12.5 Å². The molecular weight excluding hydrogens is 432 g/mol. The summed E-state index contributed by atoms with van der Waals surface area (Å²) in [5, 5.41) is -0.678. The standard InChI is InChI=1S/C25H19ClO6/c1-15-24(32-20-11-7-6-10-19(20)29-2)23(27)18-13-12-17(14-21(18)30-15)31-25(28)22(26)16-8-4-3-5-9-16/h3-14,22H,1-2H3. The molecule has 1 atom stereocenters. The average Bonchev–Trinajstić information content (AvgIpc) is 2.82. The van der Waals surface area contributed by atoms with E-state index in [0.29, 0.717) is 17.1 Å². The molecule has 0 aliphatic heterocycles. The molecule has 0 saturated carbocycles. The molecule has 0 N–H and O–H groups in total. The topological polar surface area (TPSA) is 75.0 Å². The lowest BCUT2D eigenvalue weighted by atomic mass is 10.1. The van der Waals surface area contributed by atoms with Crippen LogP contribution in [0.1, 0.15) is 16.7 Å². The van der Waals surface area contributed by atoms with Crippen molar-refractivity contribution < 1.29 is 23.4 Å². The number of methoxy groups -OCH3 is 1. The van der Waals surface area contributed by atoms with Crippen molar-refractivity contribution in [1.82, 2.24) is 0 Å². The van der Waals surface area contributed by atoms with Gasteiger partial charge in [0.15, 0.2) is 16.9 Å². The first kappa shape index (κ1) is 21.5. The first-order valence-electron chi connectivity index (χ1n) is 9.77. The summed E-state index contributed by atoms with van der Waals surface area (Å²) in [6.07, 6.45) is 0. The maximum absolute atomic E-state index is 13.0. The van der Waals surface area contributed by atoms with Gasteiger partial charge in [-0.25, -0.2) is 4.79 Å². The van der Waals surface area contributed by atoms with Crippen LogP contribution in [0.25, 0.3) is 11.0 Å². The number of alkyl halides is 1. The Morgan fingerprint density at radius 1 is 0.969 bits per heavy atom. The Morgan fingerprint density at radius 3 is 2.38 bits per heavy atom. The molecule has 0 aliphatic rings. The maximum Gasteiger partial charge on any atom is 0.334 e. The van der Waals surface area contributed by atoms with E-state index in [1.54, 1.807) is 55.5 Å². The maximum atomic E-state index is 13.0. The van der Waals surface area contributed by atoms with Crippen molar-refractivity contribution in [3.8, 4) is 23.0 Å². The van der Waals surface area contributed by atoms with Gasteiger partial charge < -0.3 is 18.6 Å². The SMILES string of the molecule is COc1ccccc1Oc1c(C)oc2cc(OC(=O)C(Cl)c3ccccc3)ccc2c1=O. The summed E-state index contributed by atoms with van der Waals surface area (Å²) in [5.41, 5.74) is 0.531. The average molecular weight is 451 g/mol. The molecule has 1 heterocycles. The van der Waals surface area contributed by atoms with Crippen LogP contribution < -0.4 is 19.6 Å². The monoisotopic (exact) mass is 450 g/mol. The molecular formula is C25H19ClO6. The zero-order valence-electron chi connectivity index (χ0n) is 17.3. The predicted octanol–water partition coefficient (Wildman–Crippen LogP) is 5.79. The van der Waals surface area contributed by atoms with Crippen LogP contribution in [0, 0.1) is 6.92 Å². The molecule has 0 amide bonds. The highest BCUT2D eigenvalue weighted by Crippen LogP contribution is 2.33. The second-order valence-corrected chi connectivity index (χ2v) is 7.36. The lowest BCUT2D eigenvalue weighted by Gasteiger charge is -2.12. The Labute approximate surface area is 188 Å². The Kier molecular flexibility index (Phi) is 6.14. The lowest BCUT2D eigenvalue weighted by Crippen LogP contribution is -2.14. The van der Waals surface area contributed by atoms with E-state index in [0.717, 1.165) is 0 Å². The first-order chi connectivity index (χ1) is 15.5. The van der Waals surface area contributed by atoms with E-state index in [4.69, 9.17) is 30.2 Å². The lowest BCUT2D eigenvalue weighted by molar-refractivity contribution is -0.134. The van der Waals surface area contributed by atoms with Crippen LogP contribution in [0.5, 0.6) is 23.0 Å². The molecule has 0 bridgehead atoms. The van der Waals surface area contributed by atoms with E-state index < -0.39 is 11.3 Å². The number of aryl methyl sites for hydroxylation is 1. The van der Waals surface area contributed by atoms with E-state index in [-0.39, 0.29) is 33.7 Å². The van der Waals surface area contributed by atoms with Crippen molar-refractivity contribution in [2.24, 2.45) is 0 Å². The van der Waals surface area contributed by atoms with E-state index in [2.05, 4.69) is 0 Å². The van der Waals surface area contributed by atoms with Crippen LogP contribution in [0.15, 0.2) is 82.0 Å². The van der Waals surface area contributed by atoms with Crippen LogP contribution in [0.4, 0.5) is 0 Å². The molecule has 162 valence electrons. The fourth-order valence-corrected chi connectivity index (χ4v) is 3.38. The van der Waals surface area contributed by atoms with Gasteiger partial charge in [0.25, 0.3) is 0 Å². The van der Waals surface area contributed by atoms with Crippen LogP contribution >= 0.6 is 11.6 Å². The minimum atomic E-state index is -0.961. The predicted molar refractivity (Wildman–Crippen MR) is 121 cm³/mol. The highest BCUT2D eigenvalue weighted by Gasteiger charge is 2.21. The molecule has 1 unspecified atom stereocenters. The van der Waals surface area contributed by atoms with Crippen molar-refractivity contribution >= 4 is 28.5 Å². The second-order valence-electron chi connectivity index (χ2n) is 6.92. The number of fused-ring (bicyclic) bond motifs is 1. The van der Waals surface area contributed by atoms with Gasteiger partial charge in [0, 0.05) is 6.07 Å².